The molecule has 0 fully saturated rings. The van der Waals surface area contributed by atoms with Crippen molar-refractivity contribution in [2.45, 2.75) is 20.0 Å². The summed E-state index contributed by atoms with van der Waals surface area (Å²) in [7, 11) is 1.34. The minimum Gasteiger partial charge on any atom is -0.453 e. The van der Waals surface area contributed by atoms with Gasteiger partial charge in [-0.3, -0.25) is 5.32 Å². The summed E-state index contributed by atoms with van der Waals surface area (Å²) in [5.74, 6) is 0. The van der Waals surface area contributed by atoms with Gasteiger partial charge in [0.15, 0.2) is 0 Å². The van der Waals surface area contributed by atoms with Crippen molar-refractivity contribution in [3.63, 3.8) is 0 Å². The van der Waals surface area contributed by atoms with Crippen LogP contribution < -0.4 is 10.6 Å². The van der Waals surface area contributed by atoms with E-state index >= 15 is 0 Å². The molecule has 0 unspecified atom stereocenters. The number of aromatic nitrogens is 1. The van der Waals surface area contributed by atoms with Gasteiger partial charge in [-0.25, -0.2) is 4.79 Å². The van der Waals surface area contributed by atoms with Gasteiger partial charge in [-0.05, 0) is 36.8 Å². The van der Waals surface area contributed by atoms with Crippen LogP contribution in [0.4, 0.5) is 16.2 Å². The highest BCUT2D eigenvalue weighted by molar-refractivity contribution is 5.85. The van der Waals surface area contributed by atoms with Gasteiger partial charge in [0, 0.05) is 36.9 Å². The van der Waals surface area contributed by atoms with Crippen LogP contribution in [0.25, 0.3) is 0 Å². The smallest absolute Gasteiger partial charge is 0.411 e. The van der Waals surface area contributed by atoms with Crippen molar-refractivity contribution in [3.05, 3.63) is 48.3 Å². The number of nitrogens with zero attached hydrogens (tertiary/aromatic N) is 1. The third-order valence-corrected chi connectivity index (χ3v) is 2.97. The molecule has 0 atom stereocenters. The average Bonchev–Trinajstić information content (AvgIpc) is 2.93. The number of ether oxygens (including phenoxy) is 1. The van der Waals surface area contributed by atoms with Crippen LogP contribution >= 0.6 is 0 Å². The Morgan fingerprint density at radius 1 is 1.30 bits per heavy atom. The molecule has 0 aliphatic rings. The molecule has 0 radical (unpaired) electrons. The summed E-state index contributed by atoms with van der Waals surface area (Å²) in [6, 6.07) is 9.61. The number of hydrogen-bond donors (Lipinski definition) is 2. The largest absolute Gasteiger partial charge is 0.453 e. The Hall–Kier alpha value is -2.43. The Balaban J connectivity index is 1.95. The van der Waals surface area contributed by atoms with Gasteiger partial charge in [0.25, 0.3) is 0 Å². The van der Waals surface area contributed by atoms with Crippen LogP contribution in [0.5, 0.6) is 0 Å². The lowest BCUT2D eigenvalue weighted by atomic mass is 10.2. The number of hydrogen-bond acceptors (Lipinski definition) is 3. The Morgan fingerprint density at radius 2 is 2.10 bits per heavy atom. The minimum atomic E-state index is -0.470. The molecule has 1 aromatic carbocycles. The summed E-state index contributed by atoms with van der Waals surface area (Å²) < 4.78 is 6.70. The first-order valence-electron chi connectivity index (χ1n) is 6.55. The quantitative estimate of drug-likeness (QED) is 0.878. The zero-order valence-corrected chi connectivity index (χ0v) is 11.7. The highest BCUT2D eigenvalue weighted by atomic mass is 16.5. The zero-order chi connectivity index (χ0) is 14.4. The number of carbonyl (C=O) groups is 1. The Bertz CT molecular complexity index is 578. The van der Waals surface area contributed by atoms with Crippen molar-refractivity contribution in [1.29, 1.82) is 0 Å². The molecular weight excluding hydrogens is 254 g/mol. The third-order valence-electron chi connectivity index (χ3n) is 2.97. The van der Waals surface area contributed by atoms with Crippen molar-refractivity contribution < 1.29 is 9.53 Å². The van der Waals surface area contributed by atoms with Crippen molar-refractivity contribution in [2.24, 2.45) is 0 Å². The number of aryl methyl sites for hydroxylation is 1. The molecule has 0 aliphatic carbocycles. The van der Waals surface area contributed by atoms with Crippen LogP contribution in [0.1, 0.15) is 12.5 Å². The van der Waals surface area contributed by atoms with Crippen LogP contribution in [0, 0.1) is 0 Å². The number of methoxy groups -OCH3 is 1. The molecule has 2 rings (SSSR count). The van der Waals surface area contributed by atoms with Crippen LogP contribution in [0.3, 0.4) is 0 Å². The minimum absolute atomic E-state index is 0.470. The van der Waals surface area contributed by atoms with Crippen LogP contribution in [-0.4, -0.2) is 17.8 Å². The number of rotatable bonds is 5. The van der Waals surface area contributed by atoms with Gasteiger partial charge in [0.1, 0.15) is 0 Å². The molecule has 20 heavy (non-hydrogen) atoms. The molecule has 106 valence electrons. The molecule has 0 aliphatic heterocycles. The van der Waals surface area contributed by atoms with Crippen molar-refractivity contribution in [2.75, 3.05) is 17.7 Å². The molecule has 1 amide bonds. The first-order chi connectivity index (χ1) is 9.71. The second kappa shape index (κ2) is 6.65. The van der Waals surface area contributed by atoms with E-state index in [1.54, 1.807) is 0 Å². The van der Waals surface area contributed by atoms with Gasteiger partial charge in [-0.2, -0.15) is 0 Å². The lowest BCUT2D eigenvalue weighted by Crippen LogP contribution is -2.11. The molecule has 1 heterocycles. The second-order valence-electron chi connectivity index (χ2n) is 4.40. The number of anilines is 2. The van der Waals surface area contributed by atoms with E-state index in [0.717, 1.165) is 18.8 Å². The Labute approximate surface area is 118 Å². The first-order valence-corrected chi connectivity index (χ1v) is 6.55. The summed E-state index contributed by atoms with van der Waals surface area (Å²) in [4.78, 5) is 11.2. The lowest BCUT2D eigenvalue weighted by Gasteiger charge is -2.08. The molecule has 2 aromatic rings. The predicted molar refractivity (Wildman–Crippen MR) is 79.9 cm³/mol. The van der Waals surface area contributed by atoms with E-state index in [0.29, 0.717) is 5.69 Å². The number of amides is 1. The van der Waals surface area contributed by atoms with E-state index in [4.69, 9.17) is 0 Å². The summed E-state index contributed by atoms with van der Waals surface area (Å²) in [6.45, 7) is 3.83. The Morgan fingerprint density at radius 3 is 2.80 bits per heavy atom. The standard InChI is InChI=1S/C15H19N3O2/c1-3-18-8-7-12(11-18)10-16-13-5-4-6-14(9-13)17-15(19)20-2/h4-9,11,16H,3,10H2,1-2H3,(H,17,19). The maximum absolute atomic E-state index is 11.2. The molecule has 5 nitrogen and oxygen atoms in total. The van der Waals surface area contributed by atoms with Crippen molar-refractivity contribution >= 4 is 17.5 Å². The van der Waals surface area contributed by atoms with Gasteiger partial charge >= 0.3 is 6.09 Å². The predicted octanol–water partition coefficient (Wildman–Crippen LogP) is 3.30. The van der Waals surface area contributed by atoms with E-state index in [1.807, 2.05) is 24.3 Å². The first kappa shape index (κ1) is 14.0. The highest BCUT2D eigenvalue weighted by Gasteiger charge is 2.02. The summed E-state index contributed by atoms with van der Waals surface area (Å²) in [5, 5.41) is 5.96. The molecular formula is C15H19N3O2. The van der Waals surface area contributed by atoms with Gasteiger partial charge in [-0.15, -0.1) is 0 Å². The molecule has 5 heteroatoms. The number of benzene rings is 1. The van der Waals surface area contributed by atoms with E-state index < -0.39 is 6.09 Å². The van der Waals surface area contributed by atoms with Crippen molar-refractivity contribution in [3.8, 4) is 0 Å². The lowest BCUT2D eigenvalue weighted by molar-refractivity contribution is 0.187. The molecule has 2 N–H and O–H groups in total. The summed E-state index contributed by atoms with van der Waals surface area (Å²) in [5.41, 5.74) is 2.87. The van der Waals surface area contributed by atoms with E-state index in [2.05, 4.69) is 45.3 Å². The maximum Gasteiger partial charge on any atom is 0.411 e. The van der Waals surface area contributed by atoms with E-state index in [1.165, 1.54) is 12.7 Å². The van der Waals surface area contributed by atoms with Gasteiger partial charge in [-0.1, -0.05) is 6.07 Å². The fourth-order valence-corrected chi connectivity index (χ4v) is 1.87. The summed E-state index contributed by atoms with van der Waals surface area (Å²) >= 11 is 0. The van der Waals surface area contributed by atoms with Gasteiger partial charge in [0.2, 0.25) is 0 Å². The van der Waals surface area contributed by atoms with Crippen LogP contribution in [0.15, 0.2) is 42.7 Å². The van der Waals surface area contributed by atoms with E-state index in [9.17, 15) is 4.79 Å². The third kappa shape index (κ3) is 3.78. The SMILES string of the molecule is CCn1ccc(CNc2cccc(NC(=O)OC)c2)c1. The fraction of sp³-hybridized carbons (Fsp3) is 0.267. The molecule has 1 aromatic heterocycles. The maximum atomic E-state index is 11.2. The monoisotopic (exact) mass is 273 g/mol. The van der Waals surface area contributed by atoms with Crippen LogP contribution in [0.2, 0.25) is 0 Å². The topological polar surface area (TPSA) is 55.3 Å². The second-order valence-corrected chi connectivity index (χ2v) is 4.40. The highest BCUT2D eigenvalue weighted by Crippen LogP contribution is 2.16. The number of nitrogens with one attached hydrogen (secondary N) is 2. The Kier molecular flexibility index (Phi) is 4.65. The number of carbonyl (C=O) groups excluding carboxylic acids is 1. The fourth-order valence-electron chi connectivity index (χ4n) is 1.87. The van der Waals surface area contributed by atoms with Crippen molar-refractivity contribution in [1.82, 2.24) is 4.57 Å². The average molecular weight is 273 g/mol. The van der Waals surface area contributed by atoms with Crippen LogP contribution in [-0.2, 0) is 17.8 Å². The molecule has 0 bridgehead atoms. The zero-order valence-electron chi connectivity index (χ0n) is 11.7. The van der Waals surface area contributed by atoms with Gasteiger partial charge < -0.3 is 14.6 Å². The van der Waals surface area contributed by atoms with Gasteiger partial charge in [0.05, 0.1) is 7.11 Å². The molecule has 0 saturated carbocycles. The molecule has 0 saturated heterocycles. The van der Waals surface area contributed by atoms with E-state index in [-0.39, 0.29) is 0 Å². The molecule has 0 spiro atoms. The normalized spacial score (nSPS) is 10.1. The summed E-state index contributed by atoms with van der Waals surface area (Å²) in [6.07, 6.45) is 3.71.